The number of furan rings is 1. The quantitative estimate of drug-likeness (QED) is 0.806. The monoisotopic (exact) mass is 372 g/mol. The van der Waals surface area contributed by atoms with E-state index in [-0.39, 0.29) is 11.9 Å². The second-order valence-electron chi connectivity index (χ2n) is 7.00. The third-order valence-electron chi connectivity index (χ3n) is 5.24. The molecule has 1 saturated heterocycles. The van der Waals surface area contributed by atoms with Crippen LogP contribution in [0.2, 0.25) is 0 Å². The number of hydrogen-bond acceptors (Lipinski definition) is 5. The second kappa shape index (κ2) is 8.95. The van der Waals surface area contributed by atoms with Gasteiger partial charge in [0.1, 0.15) is 22.8 Å². The minimum Gasteiger partial charge on any atom is -0.496 e. The minimum atomic E-state index is -0.216. The Morgan fingerprint density at radius 3 is 2.41 bits per heavy atom. The molecule has 1 aliphatic rings. The number of likely N-dealkylation sites (tertiary alicyclic amines) is 1. The van der Waals surface area contributed by atoms with Gasteiger partial charge in [0.25, 0.3) is 5.91 Å². The first-order valence-electron chi connectivity index (χ1n) is 9.40. The van der Waals surface area contributed by atoms with Gasteiger partial charge in [0.15, 0.2) is 0 Å². The molecule has 146 valence electrons. The fourth-order valence-electron chi connectivity index (χ4n) is 3.58. The molecule has 1 N–H and O–H groups in total. The first-order valence-corrected chi connectivity index (χ1v) is 9.40. The Hall–Kier alpha value is -2.47. The molecule has 6 nitrogen and oxygen atoms in total. The molecule has 2 aromatic rings. The molecule has 1 atom stereocenters. The van der Waals surface area contributed by atoms with E-state index in [4.69, 9.17) is 13.9 Å². The van der Waals surface area contributed by atoms with Crippen molar-refractivity contribution in [3.63, 3.8) is 0 Å². The maximum atomic E-state index is 12.9. The molecule has 1 unspecified atom stereocenters. The first kappa shape index (κ1) is 19.3. The standard InChI is InChI=1S/C21H28N2O4/c1-15-9-11-23(12-10-15)16(17-8-5-13-27-17)14-22-21(24)20-18(25-2)6-4-7-19(20)26-3/h4-8,13,15-16H,9-12,14H2,1-3H3,(H,22,24). The van der Waals surface area contributed by atoms with Crippen LogP contribution in [0.4, 0.5) is 0 Å². The number of benzene rings is 1. The molecule has 0 saturated carbocycles. The molecule has 1 aromatic heterocycles. The zero-order valence-corrected chi connectivity index (χ0v) is 16.2. The van der Waals surface area contributed by atoms with Gasteiger partial charge in [0.2, 0.25) is 0 Å². The van der Waals surface area contributed by atoms with E-state index in [0.717, 1.165) is 37.6 Å². The predicted octanol–water partition coefficient (Wildman–Crippen LogP) is 3.50. The molecular formula is C21H28N2O4. The average Bonchev–Trinajstić information content (AvgIpc) is 3.23. The Balaban J connectivity index is 1.75. The lowest BCUT2D eigenvalue weighted by atomic mass is 9.97. The largest absolute Gasteiger partial charge is 0.496 e. The maximum Gasteiger partial charge on any atom is 0.258 e. The molecule has 0 radical (unpaired) electrons. The SMILES string of the molecule is COc1cccc(OC)c1C(=O)NCC(c1ccco1)N1CCC(C)CC1. The third-order valence-corrected chi connectivity index (χ3v) is 5.24. The summed E-state index contributed by atoms with van der Waals surface area (Å²) in [5, 5.41) is 3.04. The van der Waals surface area contributed by atoms with Gasteiger partial charge >= 0.3 is 0 Å². The Bertz CT molecular complexity index is 714. The first-order chi connectivity index (χ1) is 13.1. The highest BCUT2D eigenvalue weighted by Gasteiger charge is 2.28. The van der Waals surface area contributed by atoms with Gasteiger partial charge in [-0.25, -0.2) is 0 Å². The Morgan fingerprint density at radius 1 is 1.19 bits per heavy atom. The summed E-state index contributed by atoms with van der Waals surface area (Å²) in [4.78, 5) is 15.3. The van der Waals surface area contributed by atoms with Gasteiger partial charge in [-0.15, -0.1) is 0 Å². The summed E-state index contributed by atoms with van der Waals surface area (Å²) in [6.45, 7) is 4.75. The van der Waals surface area contributed by atoms with E-state index in [0.29, 0.717) is 23.6 Å². The summed E-state index contributed by atoms with van der Waals surface area (Å²) < 4.78 is 16.4. The number of methoxy groups -OCH3 is 2. The van der Waals surface area contributed by atoms with Gasteiger partial charge in [-0.1, -0.05) is 13.0 Å². The third kappa shape index (κ3) is 4.45. The lowest BCUT2D eigenvalue weighted by molar-refractivity contribution is 0.0890. The Kier molecular flexibility index (Phi) is 6.40. The molecule has 2 heterocycles. The Labute approximate surface area is 160 Å². The highest BCUT2D eigenvalue weighted by Crippen LogP contribution is 2.29. The van der Waals surface area contributed by atoms with Crippen LogP contribution < -0.4 is 14.8 Å². The van der Waals surface area contributed by atoms with E-state index in [1.54, 1.807) is 38.7 Å². The molecule has 0 aliphatic carbocycles. The van der Waals surface area contributed by atoms with E-state index >= 15 is 0 Å². The van der Waals surface area contributed by atoms with Crippen LogP contribution in [0.1, 0.15) is 41.9 Å². The fourth-order valence-corrected chi connectivity index (χ4v) is 3.58. The smallest absolute Gasteiger partial charge is 0.258 e. The Morgan fingerprint density at radius 2 is 1.85 bits per heavy atom. The van der Waals surface area contributed by atoms with Crippen molar-refractivity contribution in [3.8, 4) is 11.5 Å². The van der Waals surface area contributed by atoms with Crippen molar-refractivity contribution in [2.75, 3.05) is 33.9 Å². The van der Waals surface area contributed by atoms with Crippen molar-refractivity contribution in [3.05, 3.63) is 47.9 Å². The van der Waals surface area contributed by atoms with Crippen LogP contribution in [0.15, 0.2) is 41.0 Å². The van der Waals surface area contributed by atoms with Crippen molar-refractivity contribution < 1.29 is 18.7 Å². The predicted molar refractivity (Wildman–Crippen MR) is 103 cm³/mol. The zero-order valence-electron chi connectivity index (χ0n) is 16.2. The van der Waals surface area contributed by atoms with Gasteiger partial charge in [0.05, 0.1) is 26.5 Å². The average molecular weight is 372 g/mol. The minimum absolute atomic E-state index is 0.0113. The number of rotatable bonds is 7. The fraction of sp³-hybridized carbons (Fsp3) is 0.476. The lowest BCUT2D eigenvalue weighted by Crippen LogP contribution is -2.41. The number of nitrogens with zero attached hydrogens (tertiary/aromatic N) is 1. The molecule has 0 spiro atoms. The van der Waals surface area contributed by atoms with E-state index in [9.17, 15) is 4.79 Å². The van der Waals surface area contributed by atoms with E-state index in [1.807, 2.05) is 12.1 Å². The van der Waals surface area contributed by atoms with Gasteiger partial charge in [0, 0.05) is 6.54 Å². The van der Waals surface area contributed by atoms with Crippen molar-refractivity contribution in [1.29, 1.82) is 0 Å². The number of hydrogen-bond donors (Lipinski definition) is 1. The van der Waals surface area contributed by atoms with E-state index in [1.165, 1.54) is 0 Å². The van der Waals surface area contributed by atoms with Crippen LogP contribution in [-0.2, 0) is 0 Å². The van der Waals surface area contributed by atoms with Crippen LogP contribution in [-0.4, -0.2) is 44.7 Å². The molecule has 1 aliphatic heterocycles. The molecule has 1 fully saturated rings. The van der Waals surface area contributed by atoms with Gasteiger partial charge in [-0.2, -0.15) is 0 Å². The molecule has 6 heteroatoms. The molecular weight excluding hydrogens is 344 g/mol. The van der Waals surface area contributed by atoms with Crippen LogP contribution in [0.25, 0.3) is 0 Å². The molecule has 1 aromatic carbocycles. The summed E-state index contributed by atoms with van der Waals surface area (Å²) in [5.41, 5.74) is 0.410. The van der Waals surface area contributed by atoms with Gasteiger partial charge < -0.3 is 19.2 Å². The van der Waals surface area contributed by atoms with Crippen LogP contribution >= 0.6 is 0 Å². The van der Waals surface area contributed by atoms with E-state index in [2.05, 4.69) is 17.1 Å². The lowest BCUT2D eigenvalue weighted by Gasteiger charge is -2.35. The highest BCUT2D eigenvalue weighted by atomic mass is 16.5. The number of carbonyl (C=O) groups is 1. The second-order valence-corrected chi connectivity index (χ2v) is 7.00. The number of piperidine rings is 1. The normalized spacial score (nSPS) is 16.7. The summed E-state index contributed by atoms with van der Waals surface area (Å²) in [6.07, 6.45) is 4.00. The van der Waals surface area contributed by atoms with Crippen LogP contribution in [0, 0.1) is 5.92 Å². The molecule has 27 heavy (non-hydrogen) atoms. The highest BCUT2D eigenvalue weighted by molar-refractivity contribution is 5.99. The van der Waals surface area contributed by atoms with Crippen molar-refractivity contribution in [2.24, 2.45) is 5.92 Å². The zero-order chi connectivity index (χ0) is 19.2. The van der Waals surface area contributed by atoms with Crippen molar-refractivity contribution >= 4 is 5.91 Å². The number of ether oxygens (including phenoxy) is 2. The van der Waals surface area contributed by atoms with Crippen molar-refractivity contribution in [1.82, 2.24) is 10.2 Å². The number of carbonyl (C=O) groups excluding carboxylic acids is 1. The van der Waals surface area contributed by atoms with Crippen molar-refractivity contribution in [2.45, 2.75) is 25.8 Å². The number of nitrogens with one attached hydrogen (secondary N) is 1. The summed E-state index contributed by atoms with van der Waals surface area (Å²) in [6, 6.07) is 9.19. The van der Waals surface area contributed by atoms with Crippen LogP contribution in [0.5, 0.6) is 11.5 Å². The van der Waals surface area contributed by atoms with E-state index < -0.39 is 0 Å². The number of amides is 1. The summed E-state index contributed by atoms with van der Waals surface area (Å²) >= 11 is 0. The molecule has 0 bridgehead atoms. The maximum absolute atomic E-state index is 12.9. The molecule has 3 rings (SSSR count). The topological polar surface area (TPSA) is 63.9 Å². The van der Waals surface area contributed by atoms with Gasteiger partial charge in [-0.3, -0.25) is 9.69 Å². The molecule has 1 amide bonds. The summed E-state index contributed by atoms with van der Waals surface area (Å²) in [5.74, 6) is 2.38. The summed E-state index contributed by atoms with van der Waals surface area (Å²) in [7, 11) is 3.10. The van der Waals surface area contributed by atoms with Gasteiger partial charge in [-0.05, 0) is 56.1 Å². The van der Waals surface area contributed by atoms with Crippen LogP contribution in [0.3, 0.4) is 0 Å².